The predicted octanol–water partition coefficient (Wildman–Crippen LogP) is 2.24. The molecule has 0 bridgehead atoms. The Bertz CT molecular complexity index is 387. The van der Waals surface area contributed by atoms with E-state index in [4.69, 9.17) is 5.11 Å². The maximum absolute atomic E-state index is 11.0. The van der Waals surface area contributed by atoms with Crippen LogP contribution >= 0.6 is 0 Å². The number of hydrogen-bond acceptors (Lipinski definition) is 2. The molecule has 3 nitrogen and oxygen atoms in total. The highest BCUT2D eigenvalue weighted by atomic mass is 16.4. The molecular weight excluding hydrogens is 204 g/mol. The summed E-state index contributed by atoms with van der Waals surface area (Å²) in [7, 11) is 0. The maximum Gasteiger partial charge on any atom is 0.336 e. The number of benzene rings is 1. The molecule has 0 heterocycles. The third-order valence-corrected chi connectivity index (χ3v) is 3.02. The zero-order valence-electron chi connectivity index (χ0n) is 10.1. The van der Waals surface area contributed by atoms with E-state index in [1.807, 2.05) is 32.0 Å². The second kappa shape index (κ2) is 4.26. The van der Waals surface area contributed by atoms with Gasteiger partial charge in [-0.1, -0.05) is 36.2 Å². The van der Waals surface area contributed by atoms with Gasteiger partial charge < -0.3 is 10.2 Å². The fourth-order valence-electron chi connectivity index (χ4n) is 1.77. The minimum absolute atomic E-state index is 0.441. The van der Waals surface area contributed by atoms with Crippen LogP contribution in [-0.4, -0.2) is 21.8 Å². The highest BCUT2D eigenvalue weighted by Crippen LogP contribution is 2.29. The summed E-state index contributed by atoms with van der Waals surface area (Å²) in [6.45, 7) is 6.97. The standard InChI is InChI=1S/C13H18O3/c1-8-5-9(2)7-11(6-8)10(3)13(4,16)12(14)15/h5-7,10,16H,1-4H3,(H,14,15). The second-order valence-electron chi connectivity index (χ2n) is 4.60. The predicted molar refractivity (Wildman–Crippen MR) is 62.6 cm³/mol. The van der Waals surface area contributed by atoms with E-state index in [1.54, 1.807) is 6.92 Å². The average molecular weight is 222 g/mol. The van der Waals surface area contributed by atoms with Gasteiger partial charge in [-0.05, 0) is 26.3 Å². The van der Waals surface area contributed by atoms with Gasteiger partial charge in [-0.3, -0.25) is 0 Å². The molecule has 0 spiro atoms. The summed E-state index contributed by atoms with van der Waals surface area (Å²) in [5, 5.41) is 18.9. The highest BCUT2D eigenvalue weighted by molar-refractivity contribution is 5.78. The van der Waals surface area contributed by atoms with Crippen LogP contribution in [0, 0.1) is 13.8 Å². The number of aliphatic carboxylic acids is 1. The van der Waals surface area contributed by atoms with Crippen LogP contribution in [0.15, 0.2) is 18.2 Å². The van der Waals surface area contributed by atoms with Crippen molar-refractivity contribution < 1.29 is 15.0 Å². The van der Waals surface area contributed by atoms with Crippen molar-refractivity contribution in [2.45, 2.75) is 39.2 Å². The quantitative estimate of drug-likeness (QED) is 0.824. The van der Waals surface area contributed by atoms with Crippen LogP contribution in [0.3, 0.4) is 0 Å². The van der Waals surface area contributed by atoms with Crippen molar-refractivity contribution in [3.63, 3.8) is 0 Å². The molecule has 1 rings (SSSR count). The third kappa shape index (κ3) is 2.42. The van der Waals surface area contributed by atoms with Gasteiger partial charge in [-0.25, -0.2) is 4.79 Å². The third-order valence-electron chi connectivity index (χ3n) is 3.02. The summed E-state index contributed by atoms with van der Waals surface area (Å²) in [5.41, 5.74) is 1.26. The number of hydrogen-bond donors (Lipinski definition) is 2. The lowest BCUT2D eigenvalue weighted by atomic mass is 9.84. The van der Waals surface area contributed by atoms with E-state index in [-0.39, 0.29) is 0 Å². The van der Waals surface area contributed by atoms with E-state index in [9.17, 15) is 9.90 Å². The van der Waals surface area contributed by atoms with Crippen LogP contribution in [-0.2, 0) is 4.79 Å². The first-order valence-electron chi connectivity index (χ1n) is 5.29. The number of aliphatic hydroxyl groups is 1. The van der Waals surface area contributed by atoms with Crippen molar-refractivity contribution in [3.8, 4) is 0 Å². The Balaban J connectivity index is 3.14. The molecule has 2 unspecified atom stereocenters. The molecule has 0 saturated carbocycles. The van der Waals surface area contributed by atoms with Crippen LogP contribution in [0.5, 0.6) is 0 Å². The van der Waals surface area contributed by atoms with Crippen molar-refractivity contribution >= 4 is 5.97 Å². The molecule has 88 valence electrons. The van der Waals surface area contributed by atoms with Gasteiger partial charge in [0.1, 0.15) is 0 Å². The zero-order valence-corrected chi connectivity index (χ0v) is 10.1. The number of rotatable bonds is 3. The van der Waals surface area contributed by atoms with E-state index in [0.29, 0.717) is 0 Å². The molecule has 0 aliphatic rings. The fraction of sp³-hybridized carbons (Fsp3) is 0.462. The molecule has 0 amide bonds. The highest BCUT2D eigenvalue weighted by Gasteiger charge is 2.37. The minimum Gasteiger partial charge on any atom is -0.479 e. The summed E-state index contributed by atoms with van der Waals surface area (Å²) >= 11 is 0. The smallest absolute Gasteiger partial charge is 0.336 e. The zero-order chi connectivity index (χ0) is 12.5. The van der Waals surface area contributed by atoms with Gasteiger partial charge in [0.25, 0.3) is 0 Å². The molecule has 16 heavy (non-hydrogen) atoms. The Morgan fingerprint density at radius 2 is 1.69 bits per heavy atom. The lowest BCUT2D eigenvalue weighted by molar-refractivity contribution is -0.158. The van der Waals surface area contributed by atoms with Crippen LogP contribution < -0.4 is 0 Å². The molecule has 2 N–H and O–H groups in total. The van der Waals surface area contributed by atoms with Gasteiger partial charge in [0.05, 0.1) is 0 Å². The number of carboxylic acids is 1. The van der Waals surface area contributed by atoms with Gasteiger partial charge in [0.2, 0.25) is 0 Å². The second-order valence-corrected chi connectivity index (χ2v) is 4.60. The van der Waals surface area contributed by atoms with Crippen molar-refractivity contribution in [1.82, 2.24) is 0 Å². The van der Waals surface area contributed by atoms with Crippen LogP contribution in [0.4, 0.5) is 0 Å². The van der Waals surface area contributed by atoms with Crippen molar-refractivity contribution in [3.05, 3.63) is 34.9 Å². The van der Waals surface area contributed by atoms with Gasteiger partial charge in [0, 0.05) is 5.92 Å². The molecule has 0 saturated heterocycles. The number of carboxylic acid groups (broad SMARTS) is 1. The SMILES string of the molecule is Cc1cc(C)cc(C(C)C(C)(O)C(=O)O)c1. The van der Waals surface area contributed by atoms with Crippen LogP contribution in [0.2, 0.25) is 0 Å². The Morgan fingerprint density at radius 1 is 1.25 bits per heavy atom. The molecule has 0 aromatic heterocycles. The summed E-state index contributed by atoms with van der Waals surface area (Å²) in [5.74, 6) is -1.64. The van der Waals surface area contributed by atoms with Crippen molar-refractivity contribution in [1.29, 1.82) is 0 Å². The average Bonchev–Trinajstić information content (AvgIpc) is 2.14. The lowest BCUT2D eigenvalue weighted by Gasteiger charge is -2.26. The molecule has 0 aliphatic heterocycles. The van der Waals surface area contributed by atoms with E-state index in [1.165, 1.54) is 6.92 Å². The Kier molecular flexibility index (Phi) is 3.38. The van der Waals surface area contributed by atoms with Gasteiger partial charge in [-0.2, -0.15) is 0 Å². The van der Waals surface area contributed by atoms with E-state index >= 15 is 0 Å². The number of carbonyl (C=O) groups is 1. The monoisotopic (exact) mass is 222 g/mol. The molecule has 0 radical (unpaired) electrons. The van der Waals surface area contributed by atoms with Gasteiger partial charge >= 0.3 is 5.97 Å². The molecule has 1 aromatic carbocycles. The topological polar surface area (TPSA) is 57.5 Å². The molecule has 0 aliphatic carbocycles. The fourth-order valence-corrected chi connectivity index (χ4v) is 1.77. The van der Waals surface area contributed by atoms with Gasteiger partial charge in [0.15, 0.2) is 5.60 Å². The summed E-state index contributed by atoms with van der Waals surface area (Å²) in [4.78, 5) is 11.0. The van der Waals surface area contributed by atoms with Crippen molar-refractivity contribution in [2.24, 2.45) is 0 Å². The van der Waals surface area contributed by atoms with E-state index < -0.39 is 17.5 Å². The number of aryl methyl sites for hydroxylation is 2. The first kappa shape index (κ1) is 12.7. The lowest BCUT2D eigenvalue weighted by Crippen LogP contribution is -2.40. The normalized spacial score (nSPS) is 16.6. The summed E-state index contributed by atoms with van der Waals surface area (Å²) in [6, 6.07) is 5.84. The summed E-state index contributed by atoms with van der Waals surface area (Å²) < 4.78 is 0. The Labute approximate surface area is 95.7 Å². The maximum atomic E-state index is 11.0. The van der Waals surface area contributed by atoms with Gasteiger partial charge in [-0.15, -0.1) is 0 Å². The van der Waals surface area contributed by atoms with Crippen LogP contribution in [0.1, 0.15) is 36.5 Å². The minimum atomic E-state index is -1.74. The van der Waals surface area contributed by atoms with E-state index in [0.717, 1.165) is 16.7 Å². The van der Waals surface area contributed by atoms with Crippen LogP contribution in [0.25, 0.3) is 0 Å². The first-order valence-corrected chi connectivity index (χ1v) is 5.29. The largest absolute Gasteiger partial charge is 0.479 e. The molecular formula is C13H18O3. The Morgan fingerprint density at radius 3 is 2.06 bits per heavy atom. The molecule has 0 fully saturated rings. The molecule has 2 atom stereocenters. The first-order chi connectivity index (χ1) is 7.25. The van der Waals surface area contributed by atoms with Crippen molar-refractivity contribution in [2.75, 3.05) is 0 Å². The molecule has 3 heteroatoms. The molecule has 1 aromatic rings. The Hall–Kier alpha value is -1.35. The summed E-state index contributed by atoms with van der Waals surface area (Å²) in [6.07, 6.45) is 0. The van der Waals surface area contributed by atoms with E-state index in [2.05, 4.69) is 0 Å².